The summed E-state index contributed by atoms with van der Waals surface area (Å²) in [5, 5.41) is 26.3. The maximum Gasteiger partial charge on any atom is 0.372 e. The number of hydrogen-bond donors (Lipinski definition) is 3. The molecule has 1 aromatic heterocycles. The first-order valence-corrected chi connectivity index (χ1v) is 12.7. The summed E-state index contributed by atoms with van der Waals surface area (Å²) in [4.78, 5) is 43.4. The first-order chi connectivity index (χ1) is 19.1. The molecule has 2 aliphatic rings. The second-order valence-corrected chi connectivity index (χ2v) is 9.04. The van der Waals surface area contributed by atoms with Gasteiger partial charge < -0.3 is 34.3 Å². The van der Waals surface area contributed by atoms with Crippen molar-refractivity contribution in [2.24, 2.45) is 4.99 Å². The van der Waals surface area contributed by atoms with Gasteiger partial charge in [-0.25, -0.2) is 9.78 Å². The van der Waals surface area contributed by atoms with Crippen molar-refractivity contribution in [2.45, 2.75) is 57.1 Å². The standard InChI is InChI=1S/C22H27N3O5.C5H6O5/c1-5-30-19-9-13-14-8-12(26)6-7-17(14)24-20(15(13)10-18(19)27-2)16-11-23-22(29-4)25-21(16)28-3;6-3(5(9)10)1-2-4(7)8/h9-12,14,17,26H,5-8H2,1-4H3;1-2H2,(H,7,8)(H,9,10)/t12-,14-,17-;/m1./s1. The molecule has 40 heavy (non-hydrogen) atoms. The second-order valence-electron chi connectivity index (χ2n) is 9.04. The summed E-state index contributed by atoms with van der Waals surface area (Å²) in [6.45, 7) is 2.48. The number of Topliss-reactive ketones (excluding diaryl/α,β-unsaturated/α-hetero) is 1. The van der Waals surface area contributed by atoms with Crippen molar-refractivity contribution < 1.29 is 48.7 Å². The summed E-state index contributed by atoms with van der Waals surface area (Å²) in [5.74, 6) is -1.99. The van der Waals surface area contributed by atoms with Gasteiger partial charge in [-0.2, -0.15) is 4.98 Å². The lowest BCUT2D eigenvalue weighted by atomic mass is 9.74. The number of hydrogen-bond acceptors (Lipinski definition) is 11. The number of benzene rings is 1. The van der Waals surface area contributed by atoms with E-state index in [1.54, 1.807) is 20.4 Å². The van der Waals surface area contributed by atoms with Crippen molar-refractivity contribution >= 4 is 23.4 Å². The molecular formula is C27H33N3O10. The molecule has 4 rings (SSSR count). The Balaban J connectivity index is 0.000000378. The van der Waals surface area contributed by atoms with Crippen molar-refractivity contribution in [1.82, 2.24) is 9.97 Å². The van der Waals surface area contributed by atoms with E-state index in [0.29, 0.717) is 36.0 Å². The minimum atomic E-state index is -1.58. The molecule has 1 aromatic carbocycles. The fraction of sp³-hybridized carbons (Fsp3) is 0.481. The Labute approximate surface area is 230 Å². The zero-order valence-corrected chi connectivity index (χ0v) is 22.7. The van der Waals surface area contributed by atoms with Gasteiger partial charge in [-0.1, -0.05) is 0 Å². The third kappa shape index (κ3) is 7.03. The number of aliphatic imine (C=N–C) groups is 1. The minimum Gasteiger partial charge on any atom is -0.493 e. The van der Waals surface area contributed by atoms with E-state index in [2.05, 4.69) is 9.97 Å². The van der Waals surface area contributed by atoms with Gasteiger partial charge in [-0.3, -0.25) is 14.6 Å². The van der Waals surface area contributed by atoms with E-state index in [1.807, 2.05) is 19.1 Å². The molecule has 1 fully saturated rings. The molecule has 1 saturated carbocycles. The summed E-state index contributed by atoms with van der Waals surface area (Å²) >= 11 is 0. The summed E-state index contributed by atoms with van der Waals surface area (Å²) < 4.78 is 22.1. The number of carboxylic acid groups (broad SMARTS) is 2. The number of rotatable bonds is 10. The van der Waals surface area contributed by atoms with Gasteiger partial charge in [0.2, 0.25) is 11.7 Å². The fourth-order valence-corrected chi connectivity index (χ4v) is 4.68. The molecule has 0 saturated heterocycles. The number of aromatic nitrogens is 2. The number of aliphatic hydroxyl groups excluding tert-OH is 1. The van der Waals surface area contributed by atoms with Crippen LogP contribution in [0, 0.1) is 0 Å². The third-order valence-electron chi connectivity index (χ3n) is 6.54. The molecule has 1 aliphatic carbocycles. The average Bonchev–Trinajstić information content (AvgIpc) is 2.95. The zero-order valence-electron chi connectivity index (χ0n) is 22.7. The first-order valence-electron chi connectivity index (χ1n) is 12.7. The molecule has 13 nitrogen and oxygen atoms in total. The van der Waals surface area contributed by atoms with E-state index in [1.165, 1.54) is 7.11 Å². The Hall–Kier alpha value is -4.26. The van der Waals surface area contributed by atoms with Gasteiger partial charge in [-0.15, -0.1) is 0 Å². The van der Waals surface area contributed by atoms with Crippen LogP contribution in [0.2, 0.25) is 0 Å². The lowest BCUT2D eigenvalue weighted by Crippen LogP contribution is -2.34. The Kier molecular flexibility index (Phi) is 10.4. The van der Waals surface area contributed by atoms with Gasteiger partial charge in [0.25, 0.3) is 0 Å². The zero-order chi connectivity index (χ0) is 29.4. The third-order valence-corrected chi connectivity index (χ3v) is 6.54. The number of nitrogens with zero attached hydrogens (tertiary/aromatic N) is 3. The Morgan fingerprint density at radius 3 is 2.33 bits per heavy atom. The number of aliphatic hydroxyl groups is 1. The summed E-state index contributed by atoms with van der Waals surface area (Å²) in [6, 6.07) is 4.26. The minimum absolute atomic E-state index is 0.0607. The lowest BCUT2D eigenvalue weighted by Gasteiger charge is -2.37. The van der Waals surface area contributed by atoms with Gasteiger partial charge in [0, 0.05) is 24.1 Å². The van der Waals surface area contributed by atoms with Crippen molar-refractivity contribution in [1.29, 1.82) is 0 Å². The molecule has 13 heteroatoms. The number of fused-ring (bicyclic) bond motifs is 3. The predicted molar refractivity (Wildman–Crippen MR) is 141 cm³/mol. The molecule has 1 aliphatic heterocycles. The van der Waals surface area contributed by atoms with Gasteiger partial charge in [0.05, 0.1) is 57.8 Å². The van der Waals surface area contributed by atoms with Gasteiger partial charge in [-0.05, 0) is 43.9 Å². The van der Waals surface area contributed by atoms with Crippen molar-refractivity contribution in [3.63, 3.8) is 0 Å². The second kappa shape index (κ2) is 13.7. The van der Waals surface area contributed by atoms with E-state index in [9.17, 15) is 19.5 Å². The molecular weight excluding hydrogens is 526 g/mol. The number of ketones is 1. The molecule has 3 atom stereocenters. The van der Waals surface area contributed by atoms with Crippen LogP contribution in [-0.2, 0) is 14.4 Å². The normalized spacial score (nSPS) is 19.0. The number of carbonyl (C=O) groups is 3. The summed E-state index contributed by atoms with van der Waals surface area (Å²) in [7, 11) is 4.70. The van der Waals surface area contributed by atoms with Crippen LogP contribution in [0.15, 0.2) is 23.3 Å². The van der Waals surface area contributed by atoms with E-state index in [0.717, 1.165) is 29.7 Å². The van der Waals surface area contributed by atoms with E-state index < -0.39 is 30.6 Å². The lowest BCUT2D eigenvalue weighted by molar-refractivity contribution is -0.149. The molecule has 0 unspecified atom stereocenters. The highest BCUT2D eigenvalue weighted by Gasteiger charge is 2.38. The maximum atomic E-state index is 10.3. The van der Waals surface area contributed by atoms with Crippen LogP contribution >= 0.6 is 0 Å². The Morgan fingerprint density at radius 1 is 0.975 bits per heavy atom. The molecule has 0 amide bonds. The quantitative estimate of drug-likeness (QED) is 0.361. The van der Waals surface area contributed by atoms with Crippen LogP contribution in [-0.4, -0.2) is 88.8 Å². The first kappa shape index (κ1) is 30.3. The van der Waals surface area contributed by atoms with Crippen LogP contribution in [0.1, 0.15) is 61.6 Å². The smallest absolute Gasteiger partial charge is 0.372 e. The van der Waals surface area contributed by atoms with Gasteiger partial charge >= 0.3 is 17.9 Å². The number of methoxy groups -OCH3 is 3. The SMILES string of the molecule is CCOc1cc2c(cc1OC)C(c1cnc(OC)nc1OC)=N[C@@H]1CC[C@@H](O)C[C@H]21.O=C(O)CCC(=O)C(=O)O. The van der Waals surface area contributed by atoms with Crippen molar-refractivity contribution in [2.75, 3.05) is 27.9 Å². The molecule has 2 aromatic rings. The van der Waals surface area contributed by atoms with Crippen LogP contribution in [0.3, 0.4) is 0 Å². The van der Waals surface area contributed by atoms with Crippen LogP contribution < -0.4 is 18.9 Å². The molecule has 0 bridgehead atoms. The van der Waals surface area contributed by atoms with E-state index in [4.69, 9.17) is 34.2 Å². The van der Waals surface area contributed by atoms with Crippen molar-refractivity contribution in [3.8, 4) is 23.4 Å². The highest BCUT2D eigenvalue weighted by molar-refractivity contribution is 6.32. The molecule has 2 heterocycles. The van der Waals surface area contributed by atoms with Crippen LogP contribution in [0.25, 0.3) is 0 Å². The summed E-state index contributed by atoms with van der Waals surface area (Å²) in [6.07, 6.45) is 2.70. The monoisotopic (exact) mass is 559 g/mol. The topological polar surface area (TPSA) is 187 Å². The Morgan fingerprint density at radius 2 is 1.73 bits per heavy atom. The highest BCUT2D eigenvalue weighted by Crippen LogP contribution is 2.45. The highest BCUT2D eigenvalue weighted by atomic mass is 16.5. The van der Waals surface area contributed by atoms with Crippen LogP contribution in [0.4, 0.5) is 0 Å². The molecule has 3 N–H and O–H groups in total. The average molecular weight is 560 g/mol. The molecule has 0 radical (unpaired) electrons. The Bertz CT molecular complexity index is 1280. The van der Waals surface area contributed by atoms with E-state index in [-0.39, 0.29) is 24.1 Å². The molecule has 216 valence electrons. The number of ether oxygens (including phenoxy) is 4. The van der Waals surface area contributed by atoms with E-state index >= 15 is 0 Å². The van der Waals surface area contributed by atoms with Crippen molar-refractivity contribution in [3.05, 3.63) is 35.0 Å². The fourth-order valence-electron chi connectivity index (χ4n) is 4.68. The van der Waals surface area contributed by atoms with Crippen LogP contribution in [0.5, 0.6) is 23.4 Å². The van der Waals surface area contributed by atoms with Gasteiger partial charge in [0.1, 0.15) is 0 Å². The molecule has 0 spiro atoms. The number of carbonyl (C=O) groups excluding carboxylic acids is 1. The largest absolute Gasteiger partial charge is 0.493 e. The summed E-state index contributed by atoms with van der Waals surface area (Å²) in [5.41, 5.74) is 3.45. The predicted octanol–water partition coefficient (Wildman–Crippen LogP) is 2.25. The number of carboxylic acids is 2. The van der Waals surface area contributed by atoms with Gasteiger partial charge in [0.15, 0.2) is 11.5 Å². The maximum absolute atomic E-state index is 10.3. The number of aliphatic carboxylic acids is 2.